The molecule has 8 heteroatoms. The van der Waals surface area contributed by atoms with Gasteiger partial charge in [-0.15, -0.1) is 5.10 Å². The topological polar surface area (TPSA) is 88.2 Å². The number of nitro groups is 1. The van der Waals surface area contributed by atoms with Crippen LogP contribution in [0.15, 0.2) is 34.5 Å². The maximum Gasteiger partial charge on any atom is 0.269 e. The Morgan fingerprint density at radius 1 is 1.32 bits per heavy atom. The second-order valence-electron chi connectivity index (χ2n) is 5.70. The molecule has 7 nitrogen and oxygen atoms in total. The molecule has 25 heavy (non-hydrogen) atoms. The first-order chi connectivity index (χ1) is 12.0. The molecule has 0 atom stereocenters. The van der Waals surface area contributed by atoms with Gasteiger partial charge >= 0.3 is 0 Å². The first kappa shape index (κ1) is 19.1. The van der Waals surface area contributed by atoms with Crippen LogP contribution in [0.4, 0.5) is 5.69 Å². The third kappa shape index (κ3) is 5.38. The minimum Gasteiger partial charge on any atom is -0.285 e. The third-order valence-electron chi connectivity index (χ3n) is 3.85. The van der Waals surface area contributed by atoms with Crippen LogP contribution in [-0.4, -0.2) is 32.4 Å². The standard InChI is InChI=1S/C17H22N4O3S/c1-3-5-6-14(4-2)18-19-17-20(16(22)12-25-17)11-13-7-9-15(10-8-13)21(23)24/h7-10H,3-6,11-12H2,1-2H3/b18-14+,19-17-. The van der Waals surface area contributed by atoms with E-state index in [0.29, 0.717) is 17.5 Å². The normalized spacial score (nSPS) is 16.7. The van der Waals surface area contributed by atoms with Gasteiger partial charge in [-0.1, -0.05) is 44.2 Å². The number of thioether (sulfide) groups is 1. The molecule has 1 aliphatic rings. The van der Waals surface area contributed by atoms with E-state index < -0.39 is 4.92 Å². The van der Waals surface area contributed by atoms with Crippen LogP contribution in [0.25, 0.3) is 0 Å². The van der Waals surface area contributed by atoms with E-state index in [4.69, 9.17) is 0 Å². The van der Waals surface area contributed by atoms with E-state index in [-0.39, 0.29) is 11.6 Å². The lowest BCUT2D eigenvalue weighted by atomic mass is 10.1. The number of nitrogens with zero attached hydrogens (tertiary/aromatic N) is 4. The van der Waals surface area contributed by atoms with Gasteiger partial charge in [-0.25, -0.2) is 0 Å². The zero-order valence-corrected chi connectivity index (χ0v) is 15.3. The van der Waals surface area contributed by atoms with E-state index in [2.05, 4.69) is 24.1 Å². The largest absolute Gasteiger partial charge is 0.285 e. The second-order valence-corrected chi connectivity index (χ2v) is 6.64. The molecule has 0 aliphatic carbocycles. The van der Waals surface area contributed by atoms with E-state index in [1.54, 1.807) is 17.0 Å². The van der Waals surface area contributed by atoms with Gasteiger partial charge in [0.1, 0.15) is 0 Å². The monoisotopic (exact) mass is 362 g/mol. The molecular weight excluding hydrogens is 340 g/mol. The van der Waals surface area contributed by atoms with Crippen LogP contribution in [0.2, 0.25) is 0 Å². The highest BCUT2D eigenvalue weighted by atomic mass is 32.2. The highest BCUT2D eigenvalue weighted by Gasteiger charge is 2.28. The Kier molecular flexibility index (Phi) is 7.12. The van der Waals surface area contributed by atoms with Crippen LogP contribution in [0.1, 0.15) is 45.1 Å². The summed E-state index contributed by atoms with van der Waals surface area (Å²) in [6.07, 6.45) is 3.95. The molecule has 1 fully saturated rings. The number of carbonyl (C=O) groups excluding carboxylic acids is 1. The average molecular weight is 362 g/mol. The quantitative estimate of drug-likeness (QED) is 0.397. The zero-order valence-electron chi connectivity index (χ0n) is 14.5. The van der Waals surface area contributed by atoms with E-state index in [9.17, 15) is 14.9 Å². The Bertz CT molecular complexity index is 686. The molecule has 0 spiro atoms. The van der Waals surface area contributed by atoms with Gasteiger partial charge in [-0.2, -0.15) is 5.10 Å². The van der Waals surface area contributed by atoms with Crippen LogP contribution in [-0.2, 0) is 11.3 Å². The number of rotatable bonds is 8. The Balaban J connectivity index is 2.11. The molecule has 1 aromatic rings. The predicted octanol–water partition coefficient (Wildman–Crippen LogP) is 3.98. The van der Waals surface area contributed by atoms with Crippen LogP contribution >= 0.6 is 11.8 Å². The Morgan fingerprint density at radius 3 is 2.64 bits per heavy atom. The van der Waals surface area contributed by atoms with Crippen molar-refractivity contribution in [1.82, 2.24) is 4.90 Å². The maximum atomic E-state index is 12.1. The van der Waals surface area contributed by atoms with Crippen molar-refractivity contribution in [2.24, 2.45) is 10.2 Å². The van der Waals surface area contributed by atoms with Gasteiger partial charge < -0.3 is 0 Å². The van der Waals surface area contributed by atoms with E-state index >= 15 is 0 Å². The Morgan fingerprint density at radius 2 is 2.04 bits per heavy atom. The van der Waals surface area contributed by atoms with Gasteiger partial charge in [0.2, 0.25) is 5.91 Å². The molecule has 0 radical (unpaired) electrons. The molecule has 1 heterocycles. The van der Waals surface area contributed by atoms with Crippen molar-refractivity contribution in [2.75, 3.05) is 5.75 Å². The van der Waals surface area contributed by atoms with E-state index in [1.807, 2.05) is 0 Å². The van der Waals surface area contributed by atoms with E-state index in [0.717, 1.165) is 37.0 Å². The van der Waals surface area contributed by atoms with Crippen molar-refractivity contribution < 1.29 is 9.72 Å². The summed E-state index contributed by atoms with van der Waals surface area (Å²) in [5.41, 5.74) is 1.89. The number of amidine groups is 1. The van der Waals surface area contributed by atoms with Gasteiger partial charge in [-0.05, 0) is 24.8 Å². The Hall–Kier alpha value is -2.22. The number of unbranched alkanes of at least 4 members (excludes halogenated alkanes) is 1. The van der Waals surface area contributed by atoms with Crippen molar-refractivity contribution in [1.29, 1.82) is 0 Å². The van der Waals surface area contributed by atoms with Crippen LogP contribution in [0.3, 0.4) is 0 Å². The molecule has 0 aromatic heterocycles. The van der Waals surface area contributed by atoms with Crippen molar-refractivity contribution in [3.8, 4) is 0 Å². The molecular formula is C17H22N4O3S. The lowest BCUT2D eigenvalue weighted by molar-refractivity contribution is -0.384. The van der Waals surface area contributed by atoms with Gasteiger partial charge in [0.25, 0.3) is 5.69 Å². The first-order valence-corrected chi connectivity index (χ1v) is 9.33. The highest BCUT2D eigenvalue weighted by molar-refractivity contribution is 8.15. The number of nitro benzene ring substituents is 1. The lowest BCUT2D eigenvalue weighted by Gasteiger charge is -2.15. The van der Waals surface area contributed by atoms with Crippen LogP contribution in [0, 0.1) is 10.1 Å². The van der Waals surface area contributed by atoms with Crippen LogP contribution < -0.4 is 0 Å². The van der Waals surface area contributed by atoms with Gasteiger partial charge in [-0.3, -0.25) is 19.8 Å². The maximum absolute atomic E-state index is 12.1. The van der Waals surface area contributed by atoms with Gasteiger partial charge in [0.15, 0.2) is 5.17 Å². The van der Waals surface area contributed by atoms with Crippen molar-refractivity contribution in [3.05, 3.63) is 39.9 Å². The molecule has 0 bridgehead atoms. The summed E-state index contributed by atoms with van der Waals surface area (Å²) in [5.74, 6) is 0.321. The summed E-state index contributed by atoms with van der Waals surface area (Å²) in [6, 6.07) is 6.21. The van der Waals surface area contributed by atoms with Gasteiger partial charge in [0, 0.05) is 17.8 Å². The molecule has 0 unspecified atom stereocenters. The van der Waals surface area contributed by atoms with Crippen LogP contribution in [0.5, 0.6) is 0 Å². The molecule has 1 aromatic carbocycles. The van der Waals surface area contributed by atoms with Crippen molar-refractivity contribution in [3.63, 3.8) is 0 Å². The van der Waals surface area contributed by atoms with Crippen molar-refractivity contribution in [2.45, 2.75) is 46.1 Å². The Labute approximate surface area is 151 Å². The molecule has 2 rings (SSSR count). The number of benzene rings is 1. The number of non-ortho nitro benzene ring substituents is 1. The molecule has 0 saturated carbocycles. The average Bonchev–Trinajstić information content (AvgIpc) is 2.96. The minimum absolute atomic E-state index is 0.0242. The smallest absolute Gasteiger partial charge is 0.269 e. The molecule has 1 saturated heterocycles. The first-order valence-electron chi connectivity index (χ1n) is 8.35. The SMILES string of the molecule is CCCC/C(CC)=N/N=C1\SCC(=O)N1Cc1ccc([N+](=O)[O-])cc1. The number of amides is 1. The lowest BCUT2D eigenvalue weighted by Crippen LogP contribution is -2.28. The summed E-state index contributed by atoms with van der Waals surface area (Å²) in [7, 11) is 0. The fraction of sp³-hybridized carbons (Fsp3) is 0.471. The molecule has 1 amide bonds. The second kappa shape index (κ2) is 9.31. The third-order valence-corrected chi connectivity index (χ3v) is 4.80. The number of hydrogen-bond donors (Lipinski definition) is 0. The zero-order chi connectivity index (χ0) is 18.2. The summed E-state index contributed by atoms with van der Waals surface area (Å²) < 4.78 is 0. The molecule has 0 N–H and O–H groups in total. The predicted molar refractivity (Wildman–Crippen MR) is 101 cm³/mol. The molecule has 134 valence electrons. The number of hydrogen-bond acceptors (Lipinski definition) is 6. The highest BCUT2D eigenvalue weighted by Crippen LogP contribution is 2.23. The fourth-order valence-corrected chi connectivity index (χ4v) is 3.15. The summed E-state index contributed by atoms with van der Waals surface area (Å²) >= 11 is 1.37. The van der Waals surface area contributed by atoms with E-state index in [1.165, 1.54) is 23.9 Å². The minimum atomic E-state index is -0.440. The summed E-state index contributed by atoms with van der Waals surface area (Å²) in [4.78, 5) is 24.0. The fourth-order valence-electron chi connectivity index (χ4n) is 2.32. The summed E-state index contributed by atoms with van der Waals surface area (Å²) in [6.45, 7) is 4.53. The summed E-state index contributed by atoms with van der Waals surface area (Å²) in [5, 5.41) is 19.9. The van der Waals surface area contributed by atoms with Gasteiger partial charge in [0.05, 0.1) is 17.2 Å². The van der Waals surface area contributed by atoms with Crippen molar-refractivity contribution >= 4 is 34.2 Å². The number of carbonyl (C=O) groups is 1. The molecule has 1 aliphatic heterocycles.